The first kappa shape index (κ1) is 15.4. The van der Waals surface area contributed by atoms with Gasteiger partial charge in [0.25, 0.3) is 0 Å². The second kappa shape index (κ2) is 7.11. The van der Waals surface area contributed by atoms with Gasteiger partial charge in [-0.05, 0) is 52.9 Å². The fraction of sp³-hybridized carbons (Fsp3) is 0.562. The van der Waals surface area contributed by atoms with Crippen molar-refractivity contribution in [1.82, 2.24) is 0 Å². The summed E-state index contributed by atoms with van der Waals surface area (Å²) in [6.45, 7) is 1.95. The molecule has 0 heterocycles. The molecule has 1 fully saturated rings. The summed E-state index contributed by atoms with van der Waals surface area (Å²) >= 11 is 3.47. The summed E-state index contributed by atoms with van der Waals surface area (Å²) < 4.78 is 0.884. The highest BCUT2D eigenvalue weighted by atomic mass is 79.9. The van der Waals surface area contributed by atoms with E-state index < -0.39 is 0 Å². The number of aryl methyl sites for hydroxylation is 1. The van der Waals surface area contributed by atoms with Gasteiger partial charge < -0.3 is 11.1 Å². The monoisotopic (exact) mass is 338 g/mol. The number of anilines is 2. The second-order valence-corrected chi connectivity index (χ2v) is 6.63. The van der Waals surface area contributed by atoms with Crippen LogP contribution in [0.4, 0.5) is 11.4 Å². The molecular weight excluding hydrogens is 316 g/mol. The smallest absolute Gasteiger partial charge is 0.224 e. The summed E-state index contributed by atoms with van der Waals surface area (Å²) in [7, 11) is 0. The number of benzene rings is 1. The number of nitrogens with one attached hydrogen (secondary N) is 1. The molecule has 0 atom stereocenters. The minimum absolute atomic E-state index is 0.0829. The fourth-order valence-corrected chi connectivity index (χ4v) is 3.37. The Hall–Kier alpha value is -1.03. The van der Waals surface area contributed by atoms with Crippen LogP contribution in [0.3, 0.4) is 0 Å². The molecule has 110 valence electrons. The van der Waals surface area contributed by atoms with Crippen LogP contribution in [0.25, 0.3) is 0 Å². The second-order valence-electron chi connectivity index (χ2n) is 5.78. The van der Waals surface area contributed by atoms with Gasteiger partial charge >= 0.3 is 0 Å². The third-order valence-electron chi connectivity index (χ3n) is 4.13. The molecule has 4 heteroatoms. The summed E-state index contributed by atoms with van der Waals surface area (Å²) in [6.07, 6.45) is 8.19. The van der Waals surface area contributed by atoms with E-state index >= 15 is 0 Å². The Morgan fingerprint density at radius 1 is 1.35 bits per heavy atom. The predicted octanol–water partition coefficient (Wildman–Crippen LogP) is 4.64. The SMILES string of the molecule is Cc1cc(Br)c(NC(=O)CCC2CCCCC2)cc1N. The van der Waals surface area contributed by atoms with Crippen molar-refractivity contribution in [2.45, 2.75) is 51.9 Å². The maximum Gasteiger partial charge on any atom is 0.224 e. The molecular formula is C16H23BrN2O. The highest BCUT2D eigenvalue weighted by molar-refractivity contribution is 9.10. The summed E-state index contributed by atoms with van der Waals surface area (Å²) in [5.41, 5.74) is 8.37. The standard InChI is InChI=1S/C16H23BrN2O/c1-11-9-13(17)15(10-14(11)18)19-16(20)8-7-12-5-3-2-4-6-12/h9-10,12H,2-8,18H2,1H3,(H,19,20). The van der Waals surface area contributed by atoms with Crippen molar-refractivity contribution in [3.8, 4) is 0 Å². The van der Waals surface area contributed by atoms with Crippen LogP contribution in [0.15, 0.2) is 16.6 Å². The molecule has 0 saturated heterocycles. The molecule has 20 heavy (non-hydrogen) atoms. The molecule has 0 aromatic heterocycles. The van der Waals surface area contributed by atoms with E-state index in [9.17, 15) is 4.79 Å². The lowest BCUT2D eigenvalue weighted by Gasteiger charge is -2.21. The molecule has 1 aromatic carbocycles. The van der Waals surface area contributed by atoms with Crippen LogP contribution < -0.4 is 11.1 Å². The highest BCUT2D eigenvalue weighted by Crippen LogP contribution is 2.29. The van der Waals surface area contributed by atoms with Crippen molar-refractivity contribution < 1.29 is 4.79 Å². The van der Waals surface area contributed by atoms with Crippen molar-refractivity contribution in [3.63, 3.8) is 0 Å². The lowest BCUT2D eigenvalue weighted by Crippen LogP contribution is -2.15. The van der Waals surface area contributed by atoms with E-state index in [1.165, 1.54) is 32.1 Å². The zero-order valence-electron chi connectivity index (χ0n) is 12.0. The molecule has 0 spiro atoms. The summed E-state index contributed by atoms with van der Waals surface area (Å²) in [5.74, 6) is 0.820. The van der Waals surface area contributed by atoms with Crippen LogP contribution in [-0.2, 0) is 4.79 Å². The van der Waals surface area contributed by atoms with Crippen LogP contribution in [0.2, 0.25) is 0 Å². The number of carbonyl (C=O) groups excluding carboxylic acids is 1. The molecule has 3 nitrogen and oxygen atoms in total. The minimum atomic E-state index is 0.0829. The molecule has 1 saturated carbocycles. The Bertz CT molecular complexity index is 482. The zero-order chi connectivity index (χ0) is 14.5. The lowest BCUT2D eigenvalue weighted by atomic mass is 9.86. The molecule has 0 aliphatic heterocycles. The van der Waals surface area contributed by atoms with Gasteiger partial charge in [0, 0.05) is 16.6 Å². The summed E-state index contributed by atoms with van der Waals surface area (Å²) in [5, 5.41) is 2.95. The maximum atomic E-state index is 12.0. The number of hydrogen-bond acceptors (Lipinski definition) is 2. The van der Waals surface area contributed by atoms with Crippen LogP contribution >= 0.6 is 15.9 Å². The van der Waals surface area contributed by atoms with Crippen LogP contribution in [-0.4, -0.2) is 5.91 Å². The van der Waals surface area contributed by atoms with Gasteiger partial charge in [0.2, 0.25) is 5.91 Å². The first-order valence-electron chi connectivity index (χ1n) is 7.41. The van der Waals surface area contributed by atoms with Crippen molar-refractivity contribution in [3.05, 3.63) is 22.2 Å². The maximum absolute atomic E-state index is 12.0. The largest absolute Gasteiger partial charge is 0.398 e. The van der Waals surface area contributed by atoms with Gasteiger partial charge in [-0.15, -0.1) is 0 Å². The average molecular weight is 339 g/mol. The highest BCUT2D eigenvalue weighted by Gasteiger charge is 2.15. The first-order valence-corrected chi connectivity index (χ1v) is 8.21. The quantitative estimate of drug-likeness (QED) is 0.785. The Balaban J connectivity index is 1.86. The van der Waals surface area contributed by atoms with Gasteiger partial charge in [-0.25, -0.2) is 0 Å². The number of halogens is 1. The predicted molar refractivity (Wildman–Crippen MR) is 87.7 cm³/mol. The average Bonchev–Trinajstić information content (AvgIpc) is 2.44. The number of nitrogens with two attached hydrogens (primary N) is 1. The van der Waals surface area contributed by atoms with E-state index in [2.05, 4.69) is 21.2 Å². The molecule has 0 unspecified atom stereocenters. The molecule has 1 aliphatic rings. The Morgan fingerprint density at radius 3 is 2.75 bits per heavy atom. The van der Waals surface area contributed by atoms with E-state index in [-0.39, 0.29) is 5.91 Å². The number of rotatable bonds is 4. The van der Waals surface area contributed by atoms with Gasteiger partial charge in [-0.2, -0.15) is 0 Å². The van der Waals surface area contributed by atoms with Crippen molar-refractivity contribution in [1.29, 1.82) is 0 Å². The number of hydrogen-bond donors (Lipinski definition) is 2. The van der Waals surface area contributed by atoms with Gasteiger partial charge in [0.05, 0.1) is 5.69 Å². The summed E-state index contributed by atoms with van der Waals surface area (Å²) in [4.78, 5) is 12.0. The van der Waals surface area contributed by atoms with E-state index in [0.29, 0.717) is 12.1 Å². The number of nitrogen functional groups attached to an aromatic ring is 1. The molecule has 1 amide bonds. The molecule has 2 rings (SSSR count). The molecule has 3 N–H and O–H groups in total. The minimum Gasteiger partial charge on any atom is -0.398 e. The molecule has 1 aromatic rings. The van der Waals surface area contributed by atoms with E-state index in [0.717, 1.165) is 28.1 Å². The molecule has 0 bridgehead atoms. The molecule has 1 aliphatic carbocycles. The number of amides is 1. The van der Waals surface area contributed by atoms with Crippen molar-refractivity contribution in [2.75, 3.05) is 11.1 Å². The van der Waals surface area contributed by atoms with E-state index in [1.807, 2.05) is 19.1 Å². The van der Waals surface area contributed by atoms with Crippen LogP contribution in [0.5, 0.6) is 0 Å². The zero-order valence-corrected chi connectivity index (χ0v) is 13.6. The van der Waals surface area contributed by atoms with Gasteiger partial charge in [-0.1, -0.05) is 32.1 Å². The third kappa shape index (κ3) is 4.23. The van der Waals surface area contributed by atoms with Crippen LogP contribution in [0.1, 0.15) is 50.5 Å². The Labute approximate surface area is 129 Å². The van der Waals surface area contributed by atoms with E-state index in [4.69, 9.17) is 5.73 Å². The van der Waals surface area contributed by atoms with Crippen molar-refractivity contribution in [2.24, 2.45) is 5.92 Å². The third-order valence-corrected chi connectivity index (χ3v) is 4.79. The topological polar surface area (TPSA) is 55.1 Å². The fourth-order valence-electron chi connectivity index (χ4n) is 2.81. The summed E-state index contributed by atoms with van der Waals surface area (Å²) in [6, 6.07) is 3.75. The lowest BCUT2D eigenvalue weighted by molar-refractivity contribution is -0.116. The van der Waals surface area contributed by atoms with Crippen LogP contribution in [0, 0.1) is 12.8 Å². The molecule has 0 radical (unpaired) electrons. The normalized spacial score (nSPS) is 16.1. The van der Waals surface area contributed by atoms with Crippen molar-refractivity contribution >= 4 is 33.2 Å². The van der Waals surface area contributed by atoms with Gasteiger partial charge in [0.1, 0.15) is 0 Å². The number of carbonyl (C=O) groups is 1. The first-order chi connectivity index (χ1) is 9.56. The Kier molecular flexibility index (Phi) is 5.46. The Morgan fingerprint density at radius 2 is 2.05 bits per heavy atom. The van der Waals surface area contributed by atoms with Gasteiger partial charge in [0.15, 0.2) is 0 Å². The van der Waals surface area contributed by atoms with Gasteiger partial charge in [-0.3, -0.25) is 4.79 Å². The van der Waals surface area contributed by atoms with E-state index in [1.54, 1.807) is 0 Å².